The maximum absolute atomic E-state index is 11.9. The Morgan fingerprint density at radius 3 is 1.41 bits per heavy atom. The molecule has 12 nitrogen and oxygen atoms in total. The third-order valence-corrected chi connectivity index (χ3v) is 5.82. The van der Waals surface area contributed by atoms with Crippen LogP contribution in [0.3, 0.4) is 0 Å². The molecule has 0 aliphatic heterocycles. The average molecular weight is 748 g/mol. The molecule has 0 radical (unpaired) electrons. The fourth-order valence-electron chi connectivity index (χ4n) is 3.52. The molecule has 0 aliphatic rings. The number of amides is 2. The van der Waals surface area contributed by atoms with E-state index in [0.29, 0.717) is 11.1 Å². The Hall–Kier alpha value is -4.88. The molecule has 0 fully saturated rings. The summed E-state index contributed by atoms with van der Waals surface area (Å²) in [5.41, 5.74) is 0.304. The second-order valence-corrected chi connectivity index (χ2v) is 12.6. The first-order valence-corrected chi connectivity index (χ1v) is 16.1. The predicted octanol–water partition coefficient (Wildman–Crippen LogP) is 5.32. The number of carbonyl (C=O) groups excluding carboxylic acids is 4. The van der Waals surface area contributed by atoms with E-state index < -0.39 is 47.4 Å². The van der Waals surface area contributed by atoms with E-state index in [1.807, 2.05) is 0 Å². The van der Waals surface area contributed by atoms with Crippen molar-refractivity contribution < 1.29 is 48.0 Å². The van der Waals surface area contributed by atoms with Crippen molar-refractivity contribution in [3.63, 3.8) is 0 Å². The maximum atomic E-state index is 11.9. The predicted molar refractivity (Wildman–Crippen MR) is 189 cm³/mol. The standard InChI is InChI=1S/C18H23NO5.C15H21NO5.C3H3Br/c1-6-11-23-14-9-7-13(8-10-14)12-15(16(20)22-5)19-17(21)24-18(2,3)4;1-15(2,3)21-14(19)16-12(13(18)20-4)9-10-5-7-11(17)8-6-10;1-2-3-4/h1,7-10,15H,11-12H2,2-5H3,(H,19,21);5-8,12,17H,9H2,1-4H3,(H,16,19);1H,3H2. The summed E-state index contributed by atoms with van der Waals surface area (Å²) in [7, 11) is 2.52. The van der Waals surface area contributed by atoms with Gasteiger partial charge in [-0.25, -0.2) is 19.2 Å². The third-order valence-electron chi connectivity index (χ3n) is 5.49. The summed E-state index contributed by atoms with van der Waals surface area (Å²) in [6.07, 6.45) is 9.01. The molecule has 2 atom stereocenters. The second kappa shape index (κ2) is 22.6. The highest BCUT2D eigenvalue weighted by molar-refractivity contribution is 9.09. The van der Waals surface area contributed by atoms with Crippen LogP contribution in [0.15, 0.2) is 48.5 Å². The number of nitrogens with one attached hydrogen (secondary N) is 2. The zero-order chi connectivity index (χ0) is 37.6. The number of halogens is 1. The summed E-state index contributed by atoms with van der Waals surface area (Å²) < 4.78 is 25.0. The van der Waals surface area contributed by atoms with E-state index in [0.717, 1.165) is 11.1 Å². The summed E-state index contributed by atoms with van der Waals surface area (Å²) >= 11 is 3.01. The van der Waals surface area contributed by atoms with Gasteiger partial charge >= 0.3 is 24.1 Å². The van der Waals surface area contributed by atoms with Crippen LogP contribution in [0.5, 0.6) is 11.5 Å². The van der Waals surface area contributed by atoms with Gasteiger partial charge in [-0.3, -0.25) is 0 Å². The molecule has 2 aromatic carbocycles. The van der Waals surface area contributed by atoms with Crippen molar-refractivity contribution in [3.05, 3.63) is 59.7 Å². The highest BCUT2D eigenvalue weighted by Crippen LogP contribution is 2.15. The van der Waals surface area contributed by atoms with Crippen LogP contribution in [-0.4, -0.2) is 78.7 Å². The molecule has 13 heteroatoms. The Morgan fingerprint density at radius 2 is 1.10 bits per heavy atom. The summed E-state index contributed by atoms with van der Waals surface area (Å²) in [5, 5.41) is 14.9. The molecular formula is C36H47BrN2O10. The molecule has 0 aliphatic carbocycles. The normalized spacial score (nSPS) is 11.5. The lowest BCUT2D eigenvalue weighted by atomic mass is 10.1. The lowest BCUT2D eigenvalue weighted by Crippen LogP contribution is -2.45. The Labute approximate surface area is 297 Å². The first-order valence-electron chi connectivity index (χ1n) is 14.9. The van der Waals surface area contributed by atoms with Crippen LogP contribution in [0.1, 0.15) is 52.7 Å². The summed E-state index contributed by atoms with van der Waals surface area (Å²) in [6.45, 7) is 10.6. The number of carbonyl (C=O) groups is 4. The number of alkyl carbamates (subject to hydrolysis) is 2. The first kappa shape index (κ1) is 44.1. The summed E-state index contributed by atoms with van der Waals surface area (Å²) in [4.78, 5) is 47.3. The van der Waals surface area contributed by atoms with Crippen LogP contribution < -0.4 is 15.4 Å². The number of hydrogen-bond acceptors (Lipinski definition) is 10. The van der Waals surface area contributed by atoms with Gasteiger partial charge in [-0.2, -0.15) is 0 Å². The van der Waals surface area contributed by atoms with Crippen molar-refractivity contribution in [1.29, 1.82) is 0 Å². The first-order chi connectivity index (χ1) is 22.9. The summed E-state index contributed by atoms with van der Waals surface area (Å²) in [6, 6.07) is 11.7. The van der Waals surface area contributed by atoms with Gasteiger partial charge in [0.1, 0.15) is 41.4 Å². The molecule has 0 bridgehead atoms. The Kier molecular flexibility index (Phi) is 20.4. The van der Waals surface area contributed by atoms with Gasteiger partial charge in [0.25, 0.3) is 0 Å². The van der Waals surface area contributed by atoms with E-state index in [4.69, 9.17) is 31.8 Å². The highest BCUT2D eigenvalue weighted by Gasteiger charge is 2.26. The molecule has 2 rings (SSSR count). The Morgan fingerprint density at radius 1 is 0.735 bits per heavy atom. The molecule has 2 unspecified atom stereocenters. The van der Waals surface area contributed by atoms with Crippen molar-refractivity contribution in [1.82, 2.24) is 10.6 Å². The van der Waals surface area contributed by atoms with Gasteiger partial charge in [0, 0.05) is 12.8 Å². The van der Waals surface area contributed by atoms with Gasteiger partial charge in [-0.15, -0.1) is 12.8 Å². The van der Waals surface area contributed by atoms with Crippen LogP contribution >= 0.6 is 15.9 Å². The number of rotatable bonds is 10. The van der Waals surface area contributed by atoms with E-state index >= 15 is 0 Å². The monoisotopic (exact) mass is 746 g/mol. The maximum Gasteiger partial charge on any atom is 0.408 e. The summed E-state index contributed by atoms with van der Waals surface area (Å²) in [5.74, 6) is 4.38. The van der Waals surface area contributed by atoms with Crippen LogP contribution in [0.2, 0.25) is 0 Å². The van der Waals surface area contributed by atoms with Gasteiger partial charge < -0.3 is 39.4 Å². The molecule has 49 heavy (non-hydrogen) atoms. The van der Waals surface area contributed by atoms with Gasteiger partial charge in [0.2, 0.25) is 0 Å². The third kappa shape index (κ3) is 21.6. The molecule has 0 spiro atoms. The van der Waals surface area contributed by atoms with E-state index in [1.165, 1.54) is 26.4 Å². The average Bonchev–Trinajstić information content (AvgIpc) is 3.02. The number of aromatic hydroxyl groups is 1. The lowest BCUT2D eigenvalue weighted by molar-refractivity contribution is -0.143. The van der Waals surface area contributed by atoms with Crippen molar-refractivity contribution >= 4 is 40.1 Å². The van der Waals surface area contributed by atoms with Gasteiger partial charge in [0.15, 0.2) is 0 Å². The Bertz CT molecular complexity index is 1400. The van der Waals surface area contributed by atoms with E-state index in [1.54, 1.807) is 77.9 Å². The van der Waals surface area contributed by atoms with Crippen LogP contribution in [0.4, 0.5) is 9.59 Å². The molecule has 0 saturated carbocycles. The molecule has 0 saturated heterocycles. The fourth-order valence-corrected chi connectivity index (χ4v) is 3.52. The zero-order valence-corrected chi connectivity index (χ0v) is 30.8. The largest absolute Gasteiger partial charge is 0.508 e. The fraction of sp³-hybridized carbons (Fsp3) is 0.444. The number of benzene rings is 2. The molecule has 268 valence electrons. The minimum atomic E-state index is -0.852. The number of ether oxygens (including phenoxy) is 5. The van der Waals surface area contributed by atoms with Crippen molar-refractivity contribution in [2.75, 3.05) is 26.2 Å². The number of phenolic OH excluding ortho intramolecular Hbond substituents is 1. The molecule has 2 amide bonds. The minimum Gasteiger partial charge on any atom is -0.508 e. The van der Waals surface area contributed by atoms with Gasteiger partial charge in [0.05, 0.1) is 19.5 Å². The molecule has 3 N–H and O–H groups in total. The van der Waals surface area contributed by atoms with E-state index in [-0.39, 0.29) is 25.2 Å². The molecule has 0 heterocycles. The molecular weight excluding hydrogens is 700 g/mol. The smallest absolute Gasteiger partial charge is 0.408 e. The molecule has 2 aromatic rings. The number of alkyl halides is 1. The van der Waals surface area contributed by atoms with Crippen LogP contribution in [-0.2, 0) is 41.4 Å². The van der Waals surface area contributed by atoms with E-state index in [2.05, 4.69) is 43.1 Å². The molecule has 0 aromatic heterocycles. The minimum absolute atomic E-state index is 0.133. The zero-order valence-electron chi connectivity index (χ0n) is 29.3. The number of methoxy groups -OCH3 is 2. The number of phenols is 1. The van der Waals surface area contributed by atoms with Gasteiger partial charge in [-0.05, 0) is 76.9 Å². The Balaban J connectivity index is 0.000000853. The number of esters is 2. The van der Waals surface area contributed by atoms with Gasteiger partial charge in [-0.1, -0.05) is 52.0 Å². The quantitative estimate of drug-likeness (QED) is 0.126. The van der Waals surface area contributed by atoms with Crippen LogP contribution in [0, 0.1) is 24.7 Å². The van der Waals surface area contributed by atoms with Crippen molar-refractivity contribution in [2.45, 2.75) is 77.7 Å². The van der Waals surface area contributed by atoms with E-state index in [9.17, 15) is 24.3 Å². The second-order valence-electron chi connectivity index (χ2n) is 12.0. The number of terminal acetylenes is 2. The van der Waals surface area contributed by atoms with Crippen LogP contribution in [0.25, 0.3) is 0 Å². The van der Waals surface area contributed by atoms with Crippen molar-refractivity contribution in [2.24, 2.45) is 0 Å². The van der Waals surface area contributed by atoms with Crippen molar-refractivity contribution in [3.8, 4) is 36.2 Å². The SMILES string of the molecule is C#CCBr.C#CCOc1ccc(CC(NC(=O)OC(C)(C)C)C(=O)OC)cc1.COC(=O)C(Cc1ccc(O)cc1)NC(=O)OC(C)(C)C. The number of hydrogen-bond donors (Lipinski definition) is 3. The highest BCUT2D eigenvalue weighted by atomic mass is 79.9. The topological polar surface area (TPSA) is 159 Å². The lowest BCUT2D eigenvalue weighted by Gasteiger charge is -2.22.